The van der Waals surface area contributed by atoms with Crippen molar-refractivity contribution in [1.82, 2.24) is 0 Å². The predicted molar refractivity (Wildman–Crippen MR) is 75.2 cm³/mol. The molecule has 2 heteroatoms. The van der Waals surface area contributed by atoms with Gasteiger partial charge in [0.15, 0.2) is 0 Å². The highest BCUT2D eigenvalue weighted by Gasteiger charge is 1.90. The zero-order chi connectivity index (χ0) is 13.5. The summed E-state index contributed by atoms with van der Waals surface area (Å²) in [4.78, 5) is 10.2. The molecular weight excluding hydrogens is 224 g/mol. The highest BCUT2D eigenvalue weighted by atomic mass is 16.4. The third-order valence-corrected chi connectivity index (χ3v) is 3.14. The molecule has 0 radical (unpaired) electrons. The number of carboxylic acids is 1. The zero-order valence-electron chi connectivity index (χ0n) is 12.0. The Morgan fingerprint density at radius 2 is 1.33 bits per heavy atom. The van der Waals surface area contributed by atoms with Crippen LogP contribution in [0.1, 0.15) is 84.0 Å². The average Bonchev–Trinajstić information content (AvgIpc) is 2.34. The first-order valence-electron chi connectivity index (χ1n) is 7.62. The molecule has 0 bridgehead atoms. The van der Waals surface area contributed by atoms with E-state index in [0.717, 1.165) is 12.8 Å². The van der Waals surface area contributed by atoms with E-state index in [-0.39, 0.29) is 6.42 Å². The quantitative estimate of drug-likeness (QED) is 0.368. The van der Waals surface area contributed by atoms with Crippen LogP contribution in [-0.4, -0.2) is 5.97 Å². The van der Waals surface area contributed by atoms with Crippen molar-refractivity contribution in [2.45, 2.75) is 84.0 Å². The summed E-state index contributed by atoms with van der Waals surface area (Å²) in [6.45, 7) is 2.25. The molecule has 106 valence electrons. The largest absolute Gasteiger partial charge is 0.550 e. The van der Waals surface area contributed by atoms with E-state index < -0.39 is 5.97 Å². The topological polar surface area (TPSA) is 40.1 Å². The van der Waals surface area contributed by atoms with Crippen molar-refractivity contribution in [2.75, 3.05) is 0 Å². The van der Waals surface area contributed by atoms with E-state index in [4.69, 9.17) is 0 Å². The maximum absolute atomic E-state index is 10.2. The van der Waals surface area contributed by atoms with E-state index in [2.05, 4.69) is 19.1 Å². The lowest BCUT2D eigenvalue weighted by Crippen LogP contribution is -2.21. The van der Waals surface area contributed by atoms with E-state index in [1.54, 1.807) is 0 Å². The monoisotopic (exact) mass is 253 g/mol. The van der Waals surface area contributed by atoms with Crippen LogP contribution in [0.15, 0.2) is 12.2 Å². The number of allylic oxidation sites excluding steroid dienone is 2. The van der Waals surface area contributed by atoms with Crippen LogP contribution in [0.5, 0.6) is 0 Å². The summed E-state index contributed by atoms with van der Waals surface area (Å²) in [5.74, 6) is -0.938. The van der Waals surface area contributed by atoms with Gasteiger partial charge in [0.05, 0.1) is 0 Å². The van der Waals surface area contributed by atoms with Gasteiger partial charge in [-0.1, -0.05) is 64.0 Å². The van der Waals surface area contributed by atoms with E-state index >= 15 is 0 Å². The lowest BCUT2D eigenvalue weighted by Gasteiger charge is -2.00. The molecule has 0 heterocycles. The van der Waals surface area contributed by atoms with Crippen LogP contribution in [0.2, 0.25) is 0 Å². The van der Waals surface area contributed by atoms with Crippen molar-refractivity contribution in [1.29, 1.82) is 0 Å². The first-order valence-corrected chi connectivity index (χ1v) is 7.62. The Kier molecular flexibility index (Phi) is 13.6. The molecule has 0 aliphatic rings. The normalized spacial score (nSPS) is 11.2. The molecule has 0 fully saturated rings. The molecule has 0 unspecified atom stereocenters. The summed E-state index contributed by atoms with van der Waals surface area (Å²) in [6.07, 6.45) is 18.0. The van der Waals surface area contributed by atoms with Crippen LogP contribution in [0.25, 0.3) is 0 Å². The summed E-state index contributed by atoms with van der Waals surface area (Å²) in [5.41, 5.74) is 0. The lowest BCUT2D eigenvalue weighted by molar-refractivity contribution is -0.305. The second-order valence-corrected chi connectivity index (χ2v) is 5.00. The van der Waals surface area contributed by atoms with Crippen molar-refractivity contribution in [2.24, 2.45) is 0 Å². The Labute approximate surface area is 112 Å². The fraction of sp³-hybridized carbons (Fsp3) is 0.812. The van der Waals surface area contributed by atoms with Crippen molar-refractivity contribution in [3.05, 3.63) is 12.2 Å². The molecule has 0 aromatic carbocycles. The number of carbonyl (C=O) groups is 1. The molecule has 0 atom stereocenters. The minimum absolute atomic E-state index is 0.183. The first-order chi connectivity index (χ1) is 8.77. The molecule has 0 N–H and O–H groups in total. The van der Waals surface area contributed by atoms with Crippen LogP contribution >= 0.6 is 0 Å². The van der Waals surface area contributed by atoms with E-state index in [1.165, 1.54) is 51.4 Å². The van der Waals surface area contributed by atoms with Gasteiger partial charge in [-0.3, -0.25) is 0 Å². The summed E-state index contributed by atoms with van der Waals surface area (Å²) in [5, 5.41) is 10.2. The second-order valence-electron chi connectivity index (χ2n) is 5.00. The van der Waals surface area contributed by atoms with Crippen LogP contribution in [0, 0.1) is 0 Å². The van der Waals surface area contributed by atoms with Crippen molar-refractivity contribution in [3.63, 3.8) is 0 Å². The maximum Gasteiger partial charge on any atom is 0.0414 e. The summed E-state index contributed by atoms with van der Waals surface area (Å²) in [7, 11) is 0. The molecular formula is C16H29O2-. The molecule has 0 spiro atoms. The van der Waals surface area contributed by atoms with Crippen molar-refractivity contribution in [3.8, 4) is 0 Å². The van der Waals surface area contributed by atoms with Gasteiger partial charge in [-0.2, -0.15) is 0 Å². The van der Waals surface area contributed by atoms with Gasteiger partial charge < -0.3 is 9.90 Å². The van der Waals surface area contributed by atoms with Crippen LogP contribution < -0.4 is 5.11 Å². The smallest absolute Gasteiger partial charge is 0.0414 e. The van der Waals surface area contributed by atoms with Gasteiger partial charge >= 0.3 is 0 Å². The minimum Gasteiger partial charge on any atom is -0.550 e. The second kappa shape index (κ2) is 14.3. The standard InChI is InChI=1S/C16H30O2/c1-2-3-4-5-6-7-8-9-10-11-12-13-14-15-16(17)18/h11-12H,2-10,13-15H2,1H3,(H,17,18)/p-1/b12-11-. The Morgan fingerprint density at radius 1 is 0.833 bits per heavy atom. The van der Waals surface area contributed by atoms with Gasteiger partial charge in [0.2, 0.25) is 0 Å². The van der Waals surface area contributed by atoms with Crippen LogP contribution in [-0.2, 0) is 4.79 Å². The molecule has 0 rings (SSSR count). The zero-order valence-corrected chi connectivity index (χ0v) is 12.0. The Hall–Kier alpha value is -0.790. The van der Waals surface area contributed by atoms with Gasteiger partial charge in [0.25, 0.3) is 0 Å². The third-order valence-electron chi connectivity index (χ3n) is 3.14. The number of aliphatic carboxylic acids is 1. The molecule has 2 nitrogen and oxygen atoms in total. The van der Waals surface area contributed by atoms with Gasteiger partial charge in [-0.05, 0) is 32.1 Å². The number of hydrogen-bond acceptors (Lipinski definition) is 2. The maximum atomic E-state index is 10.2. The fourth-order valence-corrected chi connectivity index (χ4v) is 2.00. The van der Waals surface area contributed by atoms with Gasteiger partial charge in [0.1, 0.15) is 0 Å². The number of rotatable bonds is 13. The van der Waals surface area contributed by atoms with Gasteiger partial charge in [-0.15, -0.1) is 0 Å². The van der Waals surface area contributed by atoms with E-state index in [1.807, 2.05) is 0 Å². The van der Waals surface area contributed by atoms with Crippen LogP contribution in [0.3, 0.4) is 0 Å². The van der Waals surface area contributed by atoms with Gasteiger partial charge in [-0.25, -0.2) is 0 Å². The lowest BCUT2D eigenvalue weighted by atomic mass is 10.1. The highest BCUT2D eigenvalue weighted by molar-refractivity contribution is 5.64. The molecule has 18 heavy (non-hydrogen) atoms. The number of hydrogen-bond donors (Lipinski definition) is 0. The summed E-state index contributed by atoms with van der Waals surface area (Å²) >= 11 is 0. The van der Waals surface area contributed by atoms with E-state index in [0.29, 0.717) is 6.42 Å². The van der Waals surface area contributed by atoms with Gasteiger partial charge in [0, 0.05) is 5.97 Å². The molecule has 0 amide bonds. The minimum atomic E-state index is -0.938. The fourth-order valence-electron chi connectivity index (χ4n) is 2.00. The highest BCUT2D eigenvalue weighted by Crippen LogP contribution is 2.09. The predicted octanol–water partition coefficient (Wildman–Crippen LogP) is 3.99. The number of carboxylic acid groups (broad SMARTS) is 1. The van der Waals surface area contributed by atoms with Crippen molar-refractivity contribution >= 4 is 5.97 Å². The summed E-state index contributed by atoms with van der Waals surface area (Å²) in [6, 6.07) is 0. The summed E-state index contributed by atoms with van der Waals surface area (Å²) < 4.78 is 0. The molecule has 0 aromatic heterocycles. The number of unbranched alkanes of at least 4 members (excludes halogenated alkanes) is 9. The molecule has 0 aromatic rings. The molecule has 0 aliphatic heterocycles. The van der Waals surface area contributed by atoms with Crippen molar-refractivity contribution < 1.29 is 9.90 Å². The third kappa shape index (κ3) is 15.2. The molecule has 0 aliphatic carbocycles. The Morgan fingerprint density at radius 3 is 1.89 bits per heavy atom. The molecule has 0 saturated carbocycles. The average molecular weight is 253 g/mol. The van der Waals surface area contributed by atoms with E-state index in [9.17, 15) is 9.90 Å². The molecule has 0 saturated heterocycles. The Balaban J connectivity index is 3.06. The first kappa shape index (κ1) is 17.2. The van der Waals surface area contributed by atoms with Crippen LogP contribution in [0.4, 0.5) is 0 Å². The number of carbonyl (C=O) groups excluding carboxylic acids is 1. The SMILES string of the molecule is CCCCCCCCCC/C=C\CCCC(=O)[O-]. The Bertz CT molecular complexity index is 209.